The molecule has 0 saturated carbocycles. The van der Waals surface area contributed by atoms with Gasteiger partial charge in [0.25, 0.3) is 0 Å². The zero-order valence-corrected chi connectivity index (χ0v) is 12.7. The van der Waals surface area contributed by atoms with Gasteiger partial charge in [-0.1, -0.05) is 31.9 Å². The predicted molar refractivity (Wildman–Crippen MR) is 87.0 cm³/mol. The van der Waals surface area contributed by atoms with E-state index in [1.54, 1.807) is 11.0 Å². The normalized spacial score (nSPS) is 11.2. The molecule has 0 amide bonds. The van der Waals surface area contributed by atoms with Crippen LogP contribution in [0.5, 0.6) is 0 Å². The number of likely N-dealkylation sites (N-methyl/N-ethyl adjacent to an activating group) is 1. The monoisotopic (exact) mass is 274 g/mol. The fourth-order valence-electron chi connectivity index (χ4n) is 1.81. The zero-order valence-electron chi connectivity index (χ0n) is 12.7. The number of nitrogens with two attached hydrogens (primary N) is 1. The first-order valence-corrected chi connectivity index (χ1v) is 7.12. The quantitative estimate of drug-likeness (QED) is 0.406. The fraction of sp³-hybridized carbons (Fsp3) is 0.438. The van der Waals surface area contributed by atoms with Gasteiger partial charge < -0.3 is 16.0 Å². The van der Waals surface area contributed by atoms with Crippen molar-refractivity contribution in [1.82, 2.24) is 4.90 Å². The second-order valence-electron chi connectivity index (χ2n) is 5.16. The van der Waals surface area contributed by atoms with Crippen molar-refractivity contribution in [2.45, 2.75) is 32.6 Å². The summed E-state index contributed by atoms with van der Waals surface area (Å²) >= 11 is 0. The molecule has 0 aliphatic rings. The molecule has 4 heteroatoms. The van der Waals surface area contributed by atoms with Crippen LogP contribution in [-0.4, -0.2) is 24.8 Å². The first-order valence-electron chi connectivity index (χ1n) is 7.12. The van der Waals surface area contributed by atoms with Gasteiger partial charge in [0.15, 0.2) is 0 Å². The lowest BCUT2D eigenvalue weighted by Gasteiger charge is -2.12. The topological polar surface area (TPSA) is 65.1 Å². The lowest BCUT2D eigenvalue weighted by atomic mass is 10.1. The van der Waals surface area contributed by atoms with Gasteiger partial charge in [0, 0.05) is 25.9 Å². The van der Waals surface area contributed by atoms with Crippen LogP contribution < -0.4 is 11.1 Å². The lowest BCUT2D eigenvalue weighted by Crippen LogP contribution is -2.21. The summed E-state index contributed by atoms with van der Waals surface area (Å²) in [7, 11) is 3.63. The molecule has 0 fully saturated rings. The Kier molecular flexibility index (Phi) is 6.64. The summed E-state index contributed by atoms with van der Waals surface area (Å²) in [6, 6.07) is 8.31. The number of aryl methyl sites for hydroxylation is 1. The van der Waals surface area contributed by atoms with Crippen molar-refractivity contribution in [3.63, 3.8) is 0 Å². The molecular weight excluding hydrogens is 248 g/mol. The number of anilines is 1. The van der Waals surface area contributed by atoms with Gasteiger partial charge in [-0.3, -0.25) is 5.41 Å². The first kappa shape index (κ1) is 16.1. The molecule has 0 aliphatic carbocycles. The highest BCUT2D eigenvalue weighted by Gasteiger charge is 1.99. The largest absolute Gasteiger partial charge is 0.385 e. The van der Waals surface area contributed by atoms with Gasteiger partial charge in [0.05, 0.1) is 0 Å². The third-order valence-corrected chi connectivity index (χ3v) is 3.09. The summed E-state index contributed by atoms with van der Waals surface area (Å²) < 4.78 is 0. The Bertz CT molecular complexity index is 446. The van der Waals surface area contributed by atoms with Crippen LogP contribution in [0, 0.1) is 5.41 Å². The van der Waals surface area contributed by atoms with E-state index in [1.165, 1.54) is 24.8 Å². The number of nitrogens with zero attached hydrogens (tertiary/aromatic N) is 1. The highest BCUT2D eigenvalue weighted by molar-refractivity contribution is 5.90. The zero-order chi connectivity index (χ0) is 15.0. The summed E-state index contributed by atoms with van der Waals surface area (Å²) in [5, 5.41) is 10.8. The molecule has 4 N–H and O–H groups in total. The highest BCUT2D eigenvalue weighted by atomic mass is 15.1. The standard InChI is InChI=1S/C16H26N4/c1-4-5-6-7-13-8-10-14(11-9-13)19-15(17)12-16(18)20(2)3/h8-12,18-19H,4-7,17H2,1-3H3/b15-12+,18-16?. The van der Waals surface area contributed by atoms with Gasteiger partial charge in [0.2, 0.25) is 0 Å². The Labute approximate surface area is 122 Å². The summed E-state index contributed by atoms with van der Waals surface area (Å²) in [5.41, 5.74) is 8.17. The molecule has 4 nitrogen and oxygen atoms in total. The van der Waals surface area contributed by atoms with E-state index in [1.807, 2.05) is 26.2 Å². The van der Waals surface area contributed by atoms with Crippen LogP contribution >= 0.6 is 0 Å². The van der Waals surface area contributed by atoms with E-state index in [4.69, 9.17) is 11.1 Å². The van der Waals surface area contributed by atoms with Crippen molar-refractivity contribution in [2.75, 3.05) is 19.4 Å². The summed E-state index contributed by atoms with van der Waals surface area (Å²) in [4.78, 5) is 1.70. The molecule has 0 unspecified atom stereocenters. The molecule has 0 aliphatic heterocycles. The number of hydrogen-bond donors (Lipinski definition) is 3. The molecule has 0 atom stereocenters. The second kappa shape index (κ2) is 8.25. The minimum absolute atomic E-state index is 0.367. The van der Waals surface area contributed by atoms with E-state index in [0.29, 0.717) is 11.7 Å². The smallest absolute Gasteiger partial charge is 0.123 e. The molecule has 0 radical (unpaired) electrons. The van der Waals surface area contributed by atoms with Gasteiger partial charge in [-0.25, -0.2) is 0 Å². The maximum Gasteiger partial charge on any atom is 0.123 e. The minimum Gasteiger partial charge on any atom is -0.385 e. The van der Waals surface area contributed by atoms with Crippen molar-refractivity contribution in [1.29, 1.82) is 5.41 Å². The highest BCUT2D eigenvalue weighted by Crippen LogP contribution is 2.13. The molecule has 1 aromatic rings. The third kappa shape index (κ3) is 5.78. The fourth-order valence-corrected chi connectivity index (χ4v) is 1.81. The van der Waals surface area contributed by atoms with Crippen LogP contribution in [0.2, 0.25) is 0 Å². The maximum atomic E-state index is 7.70. The predicted octanol–water partition coefficient (Wildman–Crippen LogP) is 3.17. The molecule has 20 heavy (non-hydrogen) atoms. The Morgan fingerprint density at radius 3 is 2.45 bits per heavy atom. The molecule has 1 rings (SSSR count). The number of nitrogens with one attached hydrogen (secondary N) is 2. The van der Waals surface area contributed by atoms with E-state index in [2.05, 4.69) is 24.4 Å². The average Bonchev–Trinajstić information content (AvgIpc) is 2.40. The maximum absolute atomic E-state index is 7.70. The Morgan fingerprint density at radius 2 is 1.90 bits per heavy atom. The number of amidine groups is 1. The third-order valence-electron chi connectivity index (χ3n) is 3.09. The van der Waals surface area contributed by atoms with Crippen LogP contribution in [0.15, 0.2) is 36.2 Å². The van der Waals surface area contributed by atoms with Gasteiger partial charge in [0.1, 0.15) is 11.7 Å². The number of unbranched alkanes of at least 4 members (excludes halogenated alkanes) is 2. The molecular formula is C16H26N4. The Morgan fingerprint density at radius 1 is 1.25 bits per heavy atom. The lowest BCUT2D eigenvalue weighted by molar-refractivity contribution is 0.621. The van der Waals surface area contributed by atoms with Crippen molar-refractivity contribution >= 4 is 11.5 Å². The van der Waals surface area contributed by atoms with E-state index >= 15 is 0 Å². The van der Waals surface area contributed by atoms with E-state index in [-0.39, 0.29) is 0 Å². The number of rotatable bonds is 7. The number of hydrogen-bond acceptors (Lipinski definition) is 3. The molecule has 0 bridgehead atoms. The molecule has 0 aromatic heterocycles. The van der Waals surface area contributed by atoms with Crippen molar-refractivity contribution in [2.24, 2.45) is 5.73 Å². The van der Waals surface area contributed by atoms with Gasteiger partial charge >= 0.3 is 0 Å². The molecule has 0 saturated heterocycles. The summed E-state index contributed by atoms with van der Waals surface area (Å²) in [6.45, 7) is 2.22. The van der Waals surface area contributed by atoms with Crippen molar-refractivity contribution < 1.29 is 0 Å². The van der Waals surface area contributed by atoms with Crippen LogP contribution in [0.25, 0.3) is 0 Å². The molecule has 1 aromatic carbocycles. The van der Waals surface area contributed by atoms with Crippen LogP contribution in [0.3, 0.4) is 0 Å². The van der Waals surface area contributed by atoms with Crippen molar-refractivity contribution in [3.05, 3.63) is 41.7 Å². The van der Waals surface area contributed by atoms with Crippen molar-refractivity contribution in [3.8, 4) is 0 Å². The van der Waals surface area contributed by atoms with Crippen LogP contribution in [0.4, 0.5) is 5.69 Å². The molecule has 0 spiro atoms. The van der Waals surface area contributed by atoms with Gasteiger partial charge in [-0.15, -0.1) is 0 Å². The Balaban J connectivity index is 2.54. The summed E-state index contributed by atoms with van der Waals surface area (Å²) in [5.74, 6) is 0.841. The van der Waals surface area contributed by atoms with E-state index < -0.39 is 0 Å². The van der Waals surface area contributed by atoms with E-state index in [9.17, 15) is 0 Å². The first-order chi connectivity index (χ1) is 9.52. The van der Waals surface area contributed by atoms with E-state index in [0.717, 1.165) is 12.1 Å². The second-order valence-corrected chi connectivity index (χ2v) is 5.16. The minimum atomic E-state index is 0.367. The number of benzene rings is 1. The van der Waals surface area contributed by atoms with Gasteiger partial charge in [-0.05, 0) is 30.5 Å². The van der Waals surface area contributed by atoms with Crippen LogP contribution in [0.1, 0.15) is 31.7 Å². The molecule has 0 heterocycles. The SMILES string of the molecule is CCCCCc1ccc(N/C(N)=C/C(=N)N(C)C)cc1. The van der Waals surface area contributed by atoms with Crippen LogP contribution in [-0.2, 0) is 6.42 Å². The molecule has 110 valence electrons. The van der Waals surface area contributed by atoms with Gasteiger partial charge in [-0.2, -0.15) is 0 Å². The summed E-state index contributed by atoms with van der Waals surface area (Å²) in [6.07, 6.45) is 6.51. The average molecular weight is 274 g/mol. The Hall–Kier alpha value is -1.97.